The lowest BCUT2D eigenvalue weighted by molar-refractivity contribution is 0.0789. The maximum absolute atomic E-state index is 12.2. The van der Waals surface area contributed by atoms with Crippen LogP contribution >= 0.6 is 0 Å². The lowest BCUT2D eigenvalue weighted by Crippen LogP contribution is -2.55. The molecule has 3 atom stereocenters. The Balaban J connectivity index is 1.48. The molecule has 2 amide bonds. The fourth-order valence-corrected chi connectivity index (χ4v) is 3.31. The summed E-state index contributed by atoms with van der Waals surface area (Å²) in [7, 11) is 0. The van der Waals surface area contributed by atoms with Crippen LogP contribution < -0.4 is 10.6 Å². The molecule has 0 aliphatic heterocycles. The summed E-state index contributed by atoms with van der Waals surface area (Å²) in [5, 5.41) is 15.5. The number of hydrogen-bond acceptors (Lipinski definition) is 5. The van der Waals surface area contributed by atoms with E-state index in [1.807, 2.05) is 60.7 Å². The van der Waals surface area contributed by atoms with Gasteiger partial charge in [-0.05, 0) is 30.4 Å². The summed E-state index contributed by atoms with van der Waals surface area (Å²) >= 11 is 0. The van der Waals surface area contributed by atoms with Crippen LogP contribution in [0.2, 0.25) is 0 Å². The Hall–Kier alpha value is -3.06. The van der Waals surface area contributed by atoms with Gasteiger partial charge in [0.2, 0.25) is 0 Å². The molecule has 0 radical (unpaired) electrons. The molecule has 0 heterocycles. The number of carbonyl (C=O) groups excluding carboxylic acids is 2. The molecule has 1 aliphatic rings. The van der Waals surface area contributed by atoms with E-state index in [1.54, 1.807) is 0 Å². The van der Waals surface area contributed by atoms with Gasteiger partial charge in [-0.2, -0.15) is 0 Å². The maximum atomic E-state index is 12.2. The number of ether oxygens (including phenoxy) is 2. The van der Waals surface area contributed by atoms with Crippen molar-refractivity contribution in [3.63, 3.8) is 0 Å². The van der Waals surface area contributed by atoms with Gasteiger partial charge in [-0.25, -0.2) is 9.59 Å². The molecule has 7 nitrogen and oxygen atoms in total. The van der Waals surface area contributed by atoms with Gasteiger partial charge >= 0.3 is 12.2 Å². The second-order valence-electron chi connectivity index (χ2n) is 7.09. The largest absolute Gasteiger partial charge is 0.445 e. The van der Waals surface area contributed by atoms with Crippen molar-refractivity contribution in [3.8, 4) is 0 Å². The van der Waals surface area contributed by atoms with Gasteiger partial charge in [0.25, 0.3) is 0 Å². The normalized spacial score (nSPS) is 21.1. The lowest BCUT2D eigenvalue weighted by atomic mass is 9.88. The zero-order chi connectivity index (χ0) is 20.5. The summed E-state index contributed by atoms with van der Waals surface area (Å²) in [6.45, 7) is 0.318. The third-order valence-electron chi connectivity index (χ3n) is 4.85. The summed E-state index contributed by atoms with van der Waals surface area (Å²) < 4.78 is 10.5. The van der Waals surface area contributed by atoms with Crippen LogP contribution in [0.5, 0.6) is 0 Å². The Kier molecular flexibility index (Phi) is 7.47. The molecule has 29 heavy (non-hydrogen) atoms. The number of aliphatic hydroxyl groups excluding tert-OH is 1. The van der Waals surface area contributed by atoms with Gasteiger partial charge in [0.15, 0.2) is 0 Å². The topological polar surface area (TPSA) is 96.9 Å². The Bertz CT molecular complexity index is 784. The highest BCUT2D eigenvalue weighted by atomic mass is 16.6. The summed E-state index contributed by atoms with van der Waals surface area (Å²) in [5.74, 6) is 0. The smallest absolute Gasteiger partial charge is 0.407 e. The molecule has 3 N–H and O–H groups in total. The second-order valence-corrected chi connectivity index (χ2v) is 7.09. The molecule has 154 valence electrons. The van der Waals surface area contributed by atoms with Crippen LogP contribution in [0.1, 0.15) is 30.4 Å². The standard InChI is InChI=1S/C22H26N2O5/c25-18-11-12-19(23-21(26)28-14-16-7-3-1-4-8-16)20(13-18)24-22(27)29-15-17-9-5-2-6-10-17/h1-10,18-20,25H,11-15H2,(H,23,26)(H,24,27)/t18?,19?,20-/m0/s1. The third kappa shape index (κ3) is 6.80. The molecule has 1 fully saturated rings. The number of nitrogens with one attached hydrogen (secondary N) is 2. The Labute approximate surface area is 170 Å². The molecule has 3 rings (SSSR count). The minimum Gasteiger partial charge on any atom is -0.445 e. The summed E-state index contributed by atoms with van der Waals surface area (Å²) in [6, 6.07) is 18.0. The van der Waals surface area contributed by atoms with Gasteiger partial charge in [-0.3, -0.25) is 0 Å². The van der Waals surface area contributed by atoms with Gasteiger partial charge in [-0.1, -0.05) is 60.7 Å². The van der Waals surface area contributed by atoms with Crippen molar-refractivity contribution in [2.75, 3.05) is 0 Å². The van der Waals surface area contributed by atoms with Crippen LogP contribution in [0.25, 0.3) is 0 Å². The lowest BCUT2D eigenvalue weighted by Gasteiger charge is -2.34. The van der Waals surface area contributed by atoms with E-state index in [-0.39, 0.29) is 19.3 Å². The molecule has 0 spiro atoms. The minimum atomic E-state index is -0.586. The van der Waals surface area contributed by atoms with Gasteiger partial charge in [0, 0.05) is 0 Å². The molecule has 1 aliphatic carbocycles. The summed E-state index contributed by atoms with van der Waals surface area (Å²) in [5.41, 5.74) is 1.77. The van der Waals surface area contributed by atoms with Crippen LogP contribution in [0.4, 0.5) is 9.59 Å². The molecule has 2 unspecified atom stereocenters. The van der Waals surface area contributed by atoms with Crippen molar-refractivity contribution >= 4 is 12.2 Å². The first kappa shape index (κ1) is 20.7. The number of rotatable bonds is 6. The van der Waals surface area contributed by atoms with Crippen molar-refractivity contribution < 1.29 is 24.2 Å². The maximum Gasteiger partial charge on any atom is 0.407 e. The van der Waals surface area contributed by atoms with E-state index >= 15 is 0 Å². The first-order chi connectivity index (χ1) is 14.1. The zero-order valence-corrected chi connectivity index (χ0v) is 16.1. The molecule has 0 bridgehead atoms. The van der Waals surface area contributed by atoms with Crippen molar-refractivity contribution in [1.29, 1.82) is 0 Å². The van der Waals surface area contributed by atoms with Crippen LogP contribution in [0.15, 0.2) is 60.7 Å². The minimum absolute atomic E-state index is 0.152. The number of hydrogen-bond donors (Lipinski definition) is 3. The van der Waals surface area contributed by atoms with Crippen molar-refractivity contribution in [2.24, 2.45) is 0 Å². The summed E-state index contributed by atoms with van der Waals surface area (Å²) in [4.78, 5) is 24.3. The molecule has 0 saturated heterocycles. The van der Waals surface area contributed by atoms with E-state index in [2.05, 4.69) is 10.6 Å². The third-order valence-corrected chi connectivity index (χ3v) is 4.85. The van der Waals surface area contributed by atoms with E-state index in [1.165, 1.54) is 0 Å². The average molecular weight is 398 g/mol. The predicted octanol–water partition coefficient (Wildman–Crippen LogP) is 3.12. The van der Waals surface area contributed by atoms with Gasteiger partial charge in [0.1, 0.15) is 13.2 Å². The second kappa shape index (κ2) is 10.5. The molecule has 7 heteroatoms. The van der Waals surface area contributed by atoms with E-state index < -0.39 is 24.3 Å². The quantitative estimate of drug-likeness (QED) is 0.695. The summed E-state index contributed by atoms with van der Waals surface area (Å²) in [6.07, 6.45) is -0.263. The van der Waals surface area contributed by atoms with Gasteiger partial charge in [-0.15, -0.1) is 0 Å². The average Bonchev–Trinajstić information content (AvgIpc) is 2.74. The molecule has 2 aromatic carbocycles. The van der Waals surface area contributed by atoms with E-state index in [4.69, 9.17) is 9.47 Å². The molecule has 1 saturated carbocycles. The van der Waals surface area contributed by atoms with Crippen LogP contribution in [-0.4, -0.2) is 35.5 Å². The number of alkyl carbamates (subject to hydrolysis) is 2. The van der Waals surface area contributed by atoms with Crippen LogP contribution in [0.3, 0.4) is 0 Å². The van der Waals surface area contributed by atoms with E-state index in [0.29, 0.717) is 19.3 Å². The fourth-order valence-electron chi connectivity index (χ4n) is 3.31. The van der Waals surface area contributed by atoms with E-state index in [9.17, 15) is 14.7 Å². The number of benzene rings is 2. The monoisotopic (exact) mass is 398 g/mol. The molecule has 2 aromatic rings. The van der Waals surface area contributed by atoms with Gasteiger partial charge in [0.05, 0.1) is 18.2 Å². The number of amides is 2. The SMILES string of the molecule is O=C(NC1CCC(O)C[C@@H]1NC(=O)OCc1ccccc1)OCc1ccccc1. The zero-order valence-electron chi connectivity index (χ0n) is 16.1. The predicted molar refractivity (Wildman–Crippen MR) is 107 cm³/mol. The first-order valence-corrected chi connectivity index (χ1v) is 9.72. The van der Waals surface area contributed by atoms with E-state index in [0.717, 1.165) is 11.1 Å². The van der Waals surface area contributed by atoms with Crippen LogP contribution in [-0.2, 0) is 22.7 Å². The number of aliphatic hydroxyl groups is 1. The first-order valence-electron chi connectivity index (χ1n) is 9.72. The highest BCUT2D eigenvalue weighted by Gasteiger charge is 2.32. The number of carbonyl (C=O) groups is 2. The molecular weight excluding hydrogens is 372 g/mol. The Morgan fingerprint density at radius 2 is 1.28 bits per heavy atom. The van der Waals surface area contributed by atoms with Crippen molar-refractivity contribution in [1.82, 2.24) is 10.6 Å². The highest BCUT2D eigenvalue weighted by Crippen LogP contribution is 2.20. The highest BCUT2D eigenvalue weighted by molar-refractivity contribution is 5.69. The Morgan fingerprint density at radius 1 is 0.793 bits per heavy atom. The molecular formula is C22H26N2O5. The van der Waals surface area contributed by atoms with Crippen LogP contribution in [0, 0.1) is 0 Å². The van der Waals surface area contributed by atoms with Crippen molar-refractivity contribution in [2.45, 2.75) is 50.7 Å². The van der Waals surface area contributed by atoms with Crippen molar-refractivity contribution in [3.05, 3.63) is 71.8 Å². The Morgan fingerprint density at radius 3 is 1.79 bits per heavy atom. The van der Waals surface area contributed by atoms with Gasteiger partial charge < -0.3 is 25.2 Å². The fraction of sp³-hybridized carbons (Fsp3) is 0.364. The molecule has 0 aromatic heterocycles.